The summed E-state index contributed by atoms with van der Waals surface area (Å²) in [7, 11) is 0. The van der Waals surface area contributed by atoms with Gasteiger partial charge in [0, 0.05) is 18.4 Å². The van der Waals surface area contributed by atoms with E-state index in [4.69, 9.17) is 0 Å². The van der Waals surface area contributed by atoms with Gasteiger partial charge in [-0.15, -0.1) is 0 Å². The van der Waals surface area contributed by atoms with Crippen LogP contribution in [0.1, 0.15) is 25.5 Å². The minimum absolute atomic E-state index is 0.00651. The molecule has 0 unspecified atom stereocenters. The van der Waals surface area contributed by atoms with Crippen LogP contribution in [0.25, 0.3) is 10.8 Å². The first-order valence-electron chi connectivity index (χ1n) is 8.60. The summed E-state index contributed by atoms with van der Waals surface area (Å²) in [6.07, 6.45) is 3.67. The topological polar surface area (TPSA) is 59.0 Å². The van der Waals surface area contributed by atoms with Crippen molar-refractivity contribution in [2.75, 3.05) is 6.54 Å². The molecule has 5 nitrogen and oxygen atoms in total. The minimum Gasteiger partial charge on any atom is -0.348 e. The highest BCUT2D eigenvalue weighted by Crippen LogP contribution is 2.20. The zero-order valence-corrected chi connectivity index (χ0v) is 14.6. The van der Waals surface area contributed by atoms with Gasteiger partial charge in [0.15, 0.2) is 0 Å². The number of rotatable bonds is 7. The first-order chi connectivity index (χ1) is 12.1. The standard InChI is InChI=1S/C20H24N4O/c1-15(14-24-11-5-10-22-24)21-13-20(25)23-16(2)18-9-8-17-6-3-4-7-19(17)12-18/h3-12,15-16,21H,13-14H2,1-2H3,(H,23,25)/t15-,16-/m1/s1. The molecule has 0 spiro atoms. The van der Waals surface area contributed by atoms with E-state index in [0.29, 0.717) is 6.54 Å². The van der Waals surface area contributed by atoms with Crippen molar-refractivity contribution < 1.29 is 4.79 Å². The highest BCUT2D eigenvalue weighted by atomic mass is 16.1. The van der Waals surface area contributed by atoms with Crippen molar-refractivity contribution in [1.82, 2.24) is 20.4 Å². The van der Waals surface area contributed by atoms with Gasteiger partial charge in [0.05, 0.1) is 19.1 Å². The number of nitrogens with zero attached hydrogens (tertiary/aromatic N) is 2. The Hall–Kier alpha value is -2.66. The SMILES string of the molecule is C[C@H](Cn1cccn1)NCC(=O)N[C@H](C)c1ccc2ccccc2c1. The Labute approximate surface area is 148 Å². The number of nitrogens with one attached hydrogen (secondary N) is 2. The molecule has 1 aromatic heterocycles. The Morgan fingerprint density at radius 3 is 2.68 bits per heavy atom. The van der Waals surface area contributed by atoms with E-state index in [1.165, 1.54) is 10.8 Å². The molecular weight excluding hydrogens is 312 g/mol. The summed E-state index contributed by atoms with van der Waals surface area (Å²) in [6, 6.07) is 16.6. The van der Waals surface area contributed by atoms with Crippen LogP contribution >= 0.6 is 0 Å². The summed E-state index contributed by atoms with van der Waals surface area (Å²) < 4.78 is 1.85. The van der Waals surface area contributed by atoms with E-state index < -0.39 is 0 Å². The minimum atomic E-state index is -0.0275. The van der Waals surface area contributed by atoms with Crippen molar-refractivity contribution in [3.8, 4) is 0 Å². The van der Waals surface area contributed by atoms with Gasteiger partial charge in [-0.25, -0.2) is 0 Å². The fourth-order valence-electron chi connectivity index (χ4n) is 2.87. The van der Waals surface area contributed by atoms with Crippen LogP contribution in [0.2, 0.25) is 0 Å². The van der Waals surface area contributed by atoms with E-state index in [0.717, 1.165) is 12.1 Å². The summed E-state index contributed by atoms with van der Waals surface area (Å²) in [5, 5.41) is 12.9. The highest BCUT2D eigenvalue weighted by molar-refractivity contribution is 5.83. The maximum atomic E-state index is 12.2. The number of hydrogen-bond acceptors (Lipinski definition) is 3. The Morgan fingerprint density at radius 2 is 1.92 bits per heavy atom. The highest BCUT2D eigenvalue weighted by Gasteiger charge is 2.11. The van der Waals surface area contributed by atoms with Crippen LogP contribution in [0, 0.1) is 0 Å². The van der Waals surface area contributed by atoms with Crippen molar-refractivity contribution >= 4 is 16.7 Å². The normalized spacial score (nSPS) is 13.5. The molecule has 1 amide bonds. The molecule has 0 radical (unpaired) electrons. The molecule has 25 heavy (non-hydrogen) atoms. The molecule has 3 aromatic rings. The number of amides is 1. The Balaban J connectivity index is 1.51. The van der Waals surface area contributed by atoms with Crippen molar-refractivity contribution in [2.24, 2.45) is 0 Å². The van der Waals surface area contributed by atoms with Crippen molar-refractivity contribution in [3.05, 3.63) is 66.5 Å². The van der Waals surface area contributed by atoms with Crippen LogP contribution in [0.5, 0.6) is 0 Å². The molecule has 0 aliphatic rings. The number of aromatic nitrogens is 2. The van der Waals surface area contributed by atoms with Gasteiger partial charge in [0.2, 0.25) is 5.91 Å². The lowest BCUT2D eigenvalue weighted by atomic mass is 10.0. The summed E-state index contributed by atoms with van der Waals surface area (Å²) >= 11 is 0. The predicted molar refractivity (Wildman–Crippen MR) is 100 cm³/mol. The molecule has 3 rings (SSSR count). The van der Waals surface area contributed by atoms with Crippen molar-refractivity contribution in [2.45, 2.75) is 32.5 Å². The zero-order valence-electron chi connectivity index (χ0n) is 14.6. The molecule has 130 valence electrons. The third-order valence-electron chi connectivity index (χ3n) is 4.28. The van der Waals surface area contributed by atoms with E-state index >= 15 is 0 Å². The zero-order chi connectivity index (χ0) is 17.6. The monoisotopic (exact) mass is 336 g/mol. The van der Waals surface area contributed by atoms with Gasteiger partial charge in [0.1, 0.15) is 0 Å². The smallest absolute Gasteiger partial charge is 0.234 e. The first-order valence-corrected chi connectivity index (χ1v) is 8.60. The molecule has 2 aromatic carbocycles. The fourth-order valence-corrected chi connectivity index (χ4v) is 2.87. The maximum absolute atomic E-state index is 12.2. The second kappa shape index (κ2) is 7.94. The van der Waals surface area contributed by atoms with Gasteiger partial charge in [-0.2, -0.15) is 5.10 Å². The summed E-state index contributed by atoms with van der Waals surface area (Å²) in [5.74, 6) is -0.00651. The lowest BCUT2D eigenvalue weighted by Crippen LogP contribution is -2.40. The summed E-state index contributed by atoms with van der Waals surface area (Å²) in [4.78, 5) is 12.2. The van der Waals surface area contributed by atoms with Gasteiger partial charge >= 0.3 is 0 Å². The Kier molecular flexibility index (Phi) is 5.46. The number of hydrogen-bond donors (Lipinski definition) is 2. The fraction of sp³-hybridized carbons (Fsp3) is 0.300. The van der Waals surface area contributed by atoms with Gasteiger partial charge in [-0.1, -0.05) is 36.4 Å². The largest absolute Gasteiger partial charge is 0.348 e. The number of carbonyl (C=O) groups excluding carboxylic acids is 1. The van der Waals surface area contributed by atoms with Crippen LogP contribution in [-0.2, 0) is 11.3 Å². The predicted octanol–water partition coefficient (Wildman–Crippen LogP) is 2.89. The van der Waals surface area contributed by atoms with E-state index in [1.807, 2.05) is 42.9 Å². The summed E-state index contributed by atoms with van der Waals surface area (Å²) in [5.41, 5.74) is 1.11. The maximum Gasteiger partial charge on any atom is 0.234 e. The van der Waals surface area contributed by atoms with E-state index in [9.17, 15) is 4.79 Å². The van der Waals surface area contributed by atoms with Crippen LogP contribution in [0.3, 0.4) is 0 Å². The number of carbonyl (C=O) groups is 1. The average molecular weight is 336 g/mol. The second-order valence-electron chi connectivity index (χ2n) is 6.41. The Bertz CT molecular complexity index is 829. The van der Waals surface area contributed by atoms with E-state index in [2.05, 4.69) is 46.1 Å². The van der Waals surface area contributed by atoms with E-state index in [1.54, 1.807) is 6.20 Å². The van der Waals surface area contributed by atoms with E-state index in [-0.39, 0.29) is 18.0 Å². The third kappa shape index (κ3) is 4.67. The molecule has 0 saturated heterocycles. The third-order valence-corrected chi connectivity index (χ3v) is 4.28. The molecule has 2 atom stereocenters. The number of benzene rings is 2. The van der Waals surface area contributed by atoms with Gasteiger partial charge in [0.25, 0.3) is 0 Å². The van der Waals surface area contributed by atoms with Crippen LogP contribution in [-0.4, -0.2) is 28.3 Å². The molecule has 5 heteroatoms. The molecule has 0 aliphatic carbocycles. The molecule has 0 saturated carbocycles. The molecule has 0 aliphatic heterocycles. The van der Waals surface area contributed by atoms with Crippen LogP contribution in [0.4, 0.5) is 0 Å². The Morgan fingerprint density at radius 1 is 1.12 bits per heavy atom. The van der Waals surface area contributed by atoms with Crippen LogP contribution < -0.4 is 10.6 Å². The molecule has 1 heterocycles. The van der Waals surface area contributed by atoms with Crippen molar-refractivity contribution in [3.63, 3.8) is 0 Å². The molecule has 0 bridgehead atoms. The van der Waals surface area contributed by atoms with Crippen molar-refractivity contribution in [1.29, 1.82) is 0 Å². The van der Waals surface area contributed by atoms with Crippen LogP contribution in [0.15, 0.2) is 60.9 Å². The lowest BCUT2D eigenvalue weighted by molar-refractivity contribution is -0.121. The molecule has 0 fully saturated rings. The molecule has 2 N–H and O–H groups in total. The van der Waals surface area contributed by atoms with Gasteiger partial charge < -0.3 is 10.6 Å². The quantitative estimate of drug-likeness (QED) is 0.697. The lowest BCUT2D eigenvalue weighted by Gasteiger charge is -2.17. The average Bonchev–Trinajstić information content (AvgIpc) is 3.12. The van der Waals surface area contributed by atoms with Gasteiger partial charge in [-0.05, 0) is 42.3 Å². The second-order valence-corrected chi connectivity index (χ2v) is 6.41. The molecular formula is C20H24N4O. The van der Waals surface area contributed by atoms with Gasteiger partial charge in [-0.3, -0.25) is 9.48 Å². The summed E-state index contributed by atoms with van der Waals surface area (Å²) in [6.45, 7) is 5.08. The number of fused-ring (bicyclic) bond motifs is 1. The first kappa shape index (κ1) is 17.2.